The van der Waals surface area contributed by atoms with E-state index in [0.29, 0.717) is 0 Å². The molecule has 42 heteroatoms. The molecule has 45 atom stereocenters. The standard InChI is InChI=1S/C55H96N2O40/c1-11-26(67)33(74)40(18(8-61)81-11)90-53-38(79)45(28(69)16(6-59)85-53)95-48-21(56)43(93-50-35(76)30(71)23(64)12(2)82-50)41(19(9-62)88-48)91-54-39(80)46(29(70)17(7-60)86-54)96-49-22(57)44(94-51-36(77)31(72)24(65)13(3)83-51)42(20(10-63)89-49)92-55-47(34(75)27(68)15(5-58)87-55)97-52-37(78)32(73)25(66)14(4)84-52/h11-55,58-80H,5-10,56-57H2,1-4H3/t11?,12?,13?,14-,15?,16?,17?,18?,19?,20?,21?,22?,23+,24+,25?,26?,27-,28-,29-,30?,31?,32?,33?,34?,35?,36?,37?,38?,39?,40+,41+,42+,43?,44?,45?,46?,47?,48-,49-,50?,51?,52-,53-,54-,55-/m0/s1. The summed E-state index contributed by atoms with van der Waals surface area (Å²) < 4.78 is 101. The molecule has 9 rings (SSSR count). The van der Waals surface area contributed by atoms with Crippen molar-refractivity contribution in [1.29, 1.82) is 0 Å². The van der Waals surface area contributed by atoms with Crippen molar-refractivity contribution in [1.82, 2.24) is 0 Å². The molecule has 0 aliphatic carbocycles. The smallest absolute Gasteiger partial charge is 0.187 e. The predicted molar refractivity (Wildman–Crippen MR) is 300 cm³/mol. The van der Waals surface area contributed by atoms with Crippen LogP contribution in [0.5, 0.6) is 0 Å². The average molecular weight is 1430 g/mol. The molecular formula is C55H96N2O40. The van der Waals surface area contributed by atoms with E-state index in [4.69, 9.17) is 92.0 Å². The van der Waals surface area contributed by atoms with Crippen molar-refractivity contribution in [3.63, 3.8) is 0 Å². The molecule has 0 bridgehead atoms. The molecule has 0 aromatic rings. The normalized spacial score (nSPS) is 55.0. The third-order valence-corrected chi connectivity index (χ3v) is 19.1. The Balaban J connectivity index is 1.00. The quantitative estimate of drug-likeness (QED) is 0.0479. The van der Waals surface area contributed by atoms with E-state index >= 15 is 0 Å². The number of hydrogen-bond acceptors (Lipinski definition) is 42. The highest BCUT2D eigenvalue weighted by Gasteiger charge is 2.61. The van der Waals surface area contributed by atoms with Gasteiger partial charge >= 0.3 is 0 Å². The molecule has 97 heavy (non-hydrogen) atoms. The maximum absolute atomic E-state index is 12.3. The zero-order valence-electron chi connectivity index (χ0n) is 52.6. The van der Waals surface area contributed by atoms with Gasteiger partial charge in [0.05, 0.1) is 76.1 Å². The van der Waals surface area contributed by atoms with Gasteiger partial charge < -0.3 is 209 Å². The van der Waals surface area contributed by atoms with Crippen LogP contribution < -0.4 is 11.5 Å². The molecular weight excluding hydrogens is 1330 g/mol. The topological polar surface area (TPSA) is 674 Å². The highest BCUT2D eigenvalue weighted by Crippen LogP contribution is 2.40. The van der Waals surface area contributed by atoms with Gasteiger partial charge in [0.15, 0.2) is 50.3 Å². The molecule has 0 amide bonds. The molecule has 0 radical (unpaired) electrons. The van der Waals surface area contributed by atoms with Crippen molar-refractivity contribution in [3.8, 4) is 0 Å². The van der Waals surface area contributed by atoms with Gasteiger partial charge in [-0.1, -0.05) is 0 Å². The van der Waals surface area contributed by atoms with Crippen LogP contribution in [-0.2, 0) is 80.5 Å². The second-order valence-corrected chi connectivity index (χ2v) is 25.6. The number of ether oxygens (including phenoxy) is 17. The van der Waals surface area contributed by atoms with Crippen molar-refractivity contribution in [2.45, 2.75) is 304 Å². The molecule has 0 aromatic heterocycles. The zero-order valence-corrected chi connectivity index (χ0v) is 52.6. The van der Waals surface area contributed by atoms with Crippen LogP contribution in [0, 0.1) is 0 Å². The summed E-state index contributed by atoms with van der Waals surface area (Å²) in [5, 5.41) is 252. The fourth-order valence-corrected chi connectivity index (χ4v) is 13.1. The first-order valence-corrected chi connectivity index (χ1v) is 31.7. The van der Waals surface area contributed by atoms with Crippen LogP contribution in [0.1, 0.15) is 27.7 Å². The van der Waals surface area contributed by atoms with E-state index < -0.39 is 316 Å². The molecule has 0 saturated carbocycles. The number of rotatable bonds is 22. The summed E-state index contributed by atoms with van der Waals surface area (Å²) in [6, 6.07) is -3.81. The van der Waals surface area contributed by atoms with Crippen molar-refractivity contribution < 1.29 is 198 Å². The van der Waals surface area contributed by atoms with E-state index in [1.165, 1.54) is 27.7 Å². The Morgan fingerprint density at radius 3 is 0.825 bits per heavy atom. The maximum atomic E-state index is 12.3. The fraction of sp³-hybridized carbons (Fsp3) is 1.00. The Morgan fingerprint density at radius 2 is 0.454 bits per heavy atom. The lowest BCUT2D eigenvalue weighted by Crippen LogP contribution is -2.71. The largest absolute Gasteiger partial charge is 0.394 e. The number of aliphatic hydroxyl groups is 23. The van der Waals surface area contributed by atoms with Gasteiger partial charge in [0, 0.05) is 0 Å². The Labute approximate surface area is 551 Å². The summed E-state index contributed by atoms with van der Waals surface area (Å²) in [4.78, 5) is 0. The summed E-state index contributed by atoms with van der Waals surface area (Å²) in [7, 11) is 0. The molecule has 9 heterocycles. The van der Waals surface area contributed by atoms with Gasteiger partial charge in [0.1, 0.15) is 189 Å². The Morgan fingerprint density at radius 1 is 0.206 bits per heavy atom. The second kappa shape index (κ2) is 33.6. The monoisotopic (exact) mass is 1420 g/mol. The third kappa shape index (κ3) is 16.3. The zero-order chi connectivity index (χ0) is 71.2. The first kappa shape index (κ1) is 79.4. The minimum atomic E-state index is -2.35. The molecule has 9 aliphatic heterocycles. The van der Waals surface area contributed by atoms with E-state index in [9.17, 15) is 117 Å². The maximum Gasteiger partial charge on any atom is 0.187 e. The predicted octanol–water partition coefficient (Wildman–Crippen LogP) is -16.5. The summed E-state index contributed by atoms with van der Waals surface area (Å²) >= 11 is 0. The van der Waals surface area contributed by atoms with Crippen LogP contribution >= 0.6 is 0 Å². The third-order valence-electron chi connectivity index (χ3n) is 19.1. The summed E-state index contributed by atoms with van der Waals surface area (Å²) in [5.41, 5.74) is 13.7. The number of nitrogens with two attached hydrogens (primary N) is 2. The molecule has 0 spiro atoms. The van der Waals surface area contributed by atoms with E-state index in [1.54, 1.807) is 0 Å². The molecule has 9 aliphatic rings. The summed E-state index contributed by atoms with van der Waals surface area (Å²) in [6.45, 7) is -0.886. The van der Waals surface area contributed by atoms with E-state index in [1.807, 2.05) is 0 Å². The SMILES string of the molecule is CC1OC(CO)[C@@H](O[C@@H]2OC(CO)[C@H](O)C(O[C@@H]3OC(CO)[C@@H](O[C@@H]4OC(CO)[C@H](O)C(O[C@@H]5OC(CO)[C@@H](O[C@@H]6OC(CO)[C@H](O)C(O)C6O[C@@H]6O[C@@H](C)C(O)C(O)C6O)C(OC6OC(C)[C@@H](O)C(O)C6O)C5N)C4O)C(OC4OC(C)[C@@H](O)C(O)C4O)C3N)C2O)C(O)C1O. The first-order valence-electron chi connectivity index (χ1n) is 31.7. The molecule has 27 N–H and O–H groups in total. The minimum Gasteiger partial charge on any atom is -0.394 e. The Bertz CT molecular complexity index is 2410. The Kier molecular flexibility index (Phi) is 27.5. The van der Waals surface area contributed by atoms with Gasteiger partial charge in [0.25, 0.3) is 0 Å². The molecule has 30 unspecified atom stereocenters. The average Bonchev–Trinajstić information content (AvgIpc) is 0.767. The van der Waals surface area contributed by atoms with Gasteiger partial charge in [-0.25, -0.2) is 0 Å². The van der Waals surface area contributed by atoms with E-state index in [0.717, 1.165) is 0 Å². The van der Waals surface area contributed by atoms with E-state index in [-0.39, 0.29) is 0 Å². The lowest BCUT2D eigenvalue weighted by Gasteiger charge is -2.52. The minimum absolute atomic E-state index is 0.778. The Hall–Kier alpha value is -1.68. The highest BCUT2D eigenvalue weighted by molar-refractivity contribution is 5.04. The van der Waals surface area contributed by atoms with Crippen molar-refractivity contribution >= 4 is 0 Å². The van der Waals surface area contributed by atoms with Crippen molar-refractivity contribution in [3.05, 3.63) is 0 Å². The van der Waals surface area contributed by atoms with Crippen LogP contribution in [0.15, 0.2) is 0 Å². The highest BCUT2D eigenvalue weighted by atomic mass is 16.8. The summed E-state index contributed by atoms with van der Waals surface area (Å²) in [6.07, 6.45) is -80.0. The van der Waals surface area contributed by atoms with Gasteiger partial charge in [-0.2, -0.15) is 0 Å². The van der Waals surface area contributed by atoms with E-state index in [2.05, 4.69) is 0 Å². The fourth-order valence-electron chi connectivity index (χ4n) is 13.1. The van der Waals surface area contributed by atoms with Gasteiger partial charge in [0.2, 0.25) is 0 Å². The van der Waals surface area contributed by atoms with Crippen LogP contribution in [0.4, 0.5) is 0 Å². The molecule has 9 saturated heterocycles. The first-order chi connectivity index (χ1) is 45.9. The number of hydrogen-bond donors (Lipinski definition) is 25. The van der Waals surface area contributed by atoms with Gasteiger partial charge in [-0.05, 0) is 27.7 Å². The van der Waals surface area contributed by atoms with Crippen LogP contribution in [-0.4, -0.2) is 433 Å². The van der Waals surface area contributed by atoms with Crippen LogP contribution in [0.2, 0.25) is 0 Å². The van der Waals surface area contributed by atoms with Gasteiger partial charge in [-0.15, -0.1) is 0 Å². The lowest BCUT2D eigenvalue weighted by molar-refractivity contribution is -0.403. The molecule has 42 nitrogen and oxygen atoms in total. The van der Waals surface area contributed by atoms with Crippen LogP contribution in [0.25, 0.3) is 0 Å². The summed E-state index contributed by atoms with van der Waals surface area (Å²) in [5.74, 6) is 0. The molecule has 9 fully saturated rings. The van der Waals surface area contributed by atoms with Crippen molar-refractivity contribution in [2.24, 2.45) is 11.5 Å². The van der Waals surface area contributed by atoms with Gasteiger partial charge in [-0.3, -0.25) is 0 Å². The lowest BCUT2D eigenvalue weighted by atomic mass is 9.93. The number of aliphatic hydroxyl groups excluding tert-OH is 23. The van der Waals surface area contributed by atoms with Crippen molar-refractivity contribution in [2.75, 3.05) is 39.6 Å². The second-order valence-electron chi connectivity index (χ2n) is 25.6. The van der Waals surface area contributed by atoms with Crippen LogP contribution in [0.3, 0.4) is 0 Å². The molecule has 0 aromatic carbocycles. The molecule has 566 valence electrons.